The second-order valence-corrected chi connectivity index (χ2v) is 3.37. The van der Waals surface area contributed by atoms with Crippen LogP contribution in [0.15, 0.2) is 6.20 Å². The predicted octanol–water partition coefficient (Wildman–Crippen LogP) is 1.47. The van der Waals surface area contributed by atoms with Crippen LogP contribution in [0.25, 0.3) is 0 Å². The number of aromatic amines is 1. The van der Waals surface area contributed by atoms with Crippen molar-refractivity contribution < 1.29 is 0 Å². The number of likely N-dealkylation sites (N-methyl/N-ethyl adjacent to an activating group) is 1. The highest BCUT2D eigenvalue weighted by Crippen LogP contribution is 1.99. The lowest BCUT2D eigenvalue weighted by molar-refractivity contribution is 0.316. The van der Waals surface area contributed by atoms with Crippen LogP contribution >= 0.6 is 0 Å². The Bertz CT molecular complexity index is 252. The Morgan fingerprint density at radius 2 is 2.14 bits per heavy atom. The summed E-state index contributed by atoms with van der Waals surface area (Å²) in [5, 5.41) is 3.26. The van der Waals surface area contributed by atoms with E-state index in [0.717, 1.165) is 37.8 Å². The summed E-state index contributed by atoms with van der Waals surface area (Å²) in [6.45, 7) is 10.6. The molecule has 0 aliphatic carbocycles. The number of rotatable bonds is 6. The second-order valence-electron chi connectivity index (χ2n) is 3.37. The third-order valence-electron chi connectivity index (χ3n) is 2.32. The molecule has 0 aliphatic heterocycles. The fraction of sp³-hybridized carbons (Fsp3) is 0.700. The molecule has 1 rings (SSSR count). The minimum atomic E-state index is 0.870. The molecule has 14 heavy (non-hydrogen) atoms. The van der Waals surface area contributed by atoms with Crippen LogP contribution < -0.4 is 5.32 Å². The first kappa shape index (κ1) is 11.0. The highest BCUT2D eigenvalue weighted by atomic mass is 15.2. The number of nitrogens with one attached hydrogen (secondary N) is 2. The van der Waals surface area contributed by atoms with E-state index in [2.05, 4.69) is 34.0 Å². The van der Waals surface area contributed by atoms with Crippen LogP contribution in [0.1, 0.15) is 19.5 Å². The monoisotopic (exact) mass is 196 g/mol. The van der Waals surface area contributed by atoms with E-state index in [0.29, 0.717) is 0 Å². The van der Waals surface area contributed by atoms with Gasteiger partial charge in [0.15, 0.2) is 5.95 Å². The molecular weight excluding hydrogens is 176 g/mol. The molecule has 80 valence electrons. The fourth-order valence-corrected chi connectivity index (χ4v) is 1.37. The van der Waals surface area contributed by atoms with Crippen molar-refractivity contribution in [2.45, 2.75) is 20.8 Å². The van der Waals surface area contributed by atoms with E-state index >= 15 is 0 Å². The maximum absolute atomic E-state index is 4.18. The van der Waals surface area contributed by atoms with Crippen molar-refractivity contribution in [3.8, 4) is 0 Å². The summed E-state index contributed by atoms with van der Waals surface area (Å²) in [4.78, 5) is 9.70. The van der Waals surface area contributed by atoms with Gasteiger partial charge in [-0.2, -0.15) is 0 Å². The van der Waals surface area contributed by atoms with Gasteiger partial charge < -0.3 is 15.2 Å². The summed E-state index contributed by atoms with van der Waals surface area (Å²) >= 11 is 0. The van der Waals surface area contributed by atoms with Crippen molar-refractivity contribution in [3.63, 3.8) is 0 Å². The van der Waals surface area contributed by atoms with Gasteiger partial charge >= 0.3 is 0 Å². The molecule has 0 atom stereocenters. The molecule has 0 unspecified atom stereocenters. The normalized spacial score (nSPS) is 10.9. The van der Waals surface area contributed by atoms with Crippen molar-refractivity contribution >= 4 is 5.95 Å². The molecule has 4 nitrogen and oxygen atoms in total. The molecule has 0 bridgehead atoms. The minimum absolute atomic E-state index is 0.870. The summed E-state index contributed by atoms with van der Waals surface area (Å²) in [6, 6.07) is 0. The SMILES string of the molecule is CCN(CC)CCNc1ncc(C)[nH]1. The summed E-state index contributed by atoms with van der Waals surface area (Å²) in [5.74, 6) is 0.870. The summed E-state index contributed by atoms with van der Waals surface area (Å²) in [5.41, 5.74) is 1.09. The highest BCUT2D eigenvalue weighted by molar-refractivity contribution is 5.25. The maximum atomic E-state index is 4.18. The Morgan fingerprint density at radius 3 is 2.64 bits per heavy atom. The minimum Gasteiger partial charge on any atom is -0.355 e. The number of anilines is 1. The van der Waals surface area contributed by atoms with Crippen LogP contribution in [0, 0.1) is 6.92 Å². The lowest BCUT2D eigenvalue weighted by Crippen LogP contribution is -2.28. The van der Waals surface area contributed by atoms with E-state index in [4.69, 9.17) is 0 Å². The quantitative estimate of drug-likeness (QED) is 0.724. The van der Waals surface area contributed by atoms with Crippen molar-refractivity contribution in [2.75, 3.05) is 31.5 Å². The average molecular weight is 196 g/mol. The lowest BCUT2D eigenvalue weighted by Gasteiger charge is -2.17. The van der Waals surface area contributed by atoms with Gasteiger partial charge in [0.1, 0.15) is 0 Å². The Labute approximate surface area is 85.7 Å². The summed E-state index contributed by atoms with van der Waals surface area (Å²) in [6.07, 6.45) is 1.83. The topological polar surface area (TPSA) is 44.0 Å². The van der Waals surface area contributed by atoms with E-state index < -0.39 is 0 Å². The number of nitrogens with zero attached hydrogens (tertiary/aromatic N) is 2. The molecule has 2 N–H and O–H groups in total. The third kappa shape index (κ3) is 3.38. The van der Waals surface area contributed by atoms with Crippen molar-refractivity contribution in [1.29, 1.82) is 0 Å². The molecule has 1 aromatic rings. The van der Waals surface area contributed by atoms with Gasteiger partial charge in [0.05, 0.1) is 0 Å². The number of imidazole rings is 1. The van der Waals surface area contributed by atoms with Gasteiger partial charge in [0.2, 0.25) is 0 Å². The Morgan fingerprint density at radius 1 is 1.43 bits per heavy atom. The molecule has 0 saturated heterocycles. The molecule has 0 fully saturated rings. The van der Waals surface area contributed by atoms with Gasteiger partial charge in [-0.25, -0.2) is 4.98 Å². The van der Waals surface area contributed by atoms with Gasteiger partial charge in [0, 0.05) is 25.0 Å². The molecule has 0 spiro atoms. The lowest BCUT2D eigenvalue weighted by atomic mass is 10.5. The second kappa shape index (κ2) is 5.65. The maximum Gasteiger partial charge on any atom is 0.200 e. The Balaban J connectivity index is 2.21. The third-order valence-corrected chi connectivity index (χ3v) is 2.32. The number of hydrogen-bond acceptors (Lipinski definition) is 3. The smallest absolute Gasteiger partial charge is 0.200 e. The van der Waals surface area contributed by atoms with E-state index in [1.807, 2.05) is 13.1 Å². The molecular formula is C10H20N4. The molecule has 0 aliphatic rings. The number of H-pyrrole nitrogens is 1. The molecule has 0 aromatic carbocycles. The molecule has 1 aromatic heterocycles. The molecule has 4 heteroatoms. The van der Waals surface area contributed by atoms with Crippen LogP contribution in [0.3, 0.4) is 0 Å². The average Bonchev–Trinajstić information content (AvgIpc) is 2.59. The van der Waals surface area contributed by atoms with E-state index in [1.54, 1.807) is 0 Å². The summed E-state index contributed by atoms with van der Waals surface area (Å²) < 4.78 is 0. The van der Waals surface area contributed by atoms with Gasteiger partial charge in [-0.15, -0.1) is 0 Å². The largest absolute Gasteiger partial charge is 0.355 e. The van der Waals surface area contributed by atoms with Gasteiger partial charge in [-0.1, -0.05) is 13.8 Å². The standard InChI is InChI=1S/C10H20N4/c1-4-14(5-2)7-6-11-10-12-8-9(3)13-10/h8H,4-7H2,1-3H3,(H2,11,12,13). The van der Waals surface area contributed by atoms with Gasteiger partial charge in [-0.05, 0) is 20.0 Å². The molecule has 0 saturated carbocycles. The van der Waals surface area contributed by atoms with Crippen LogP contribution in [-0.4, -0.2) is 41.0 Å². The van der Waals surface area contributed by atoms with Crippen LogP contribution in [0.2, 0.25) is 0 Å². The van der Waals surface area contributed by atoms with Crippen molar-refractivity contribution in [1.82, 2.24) is 14.9 Å². The molecule has 1 heterocycles. The van der Waals surface area contributed by atoms with Crippen LogP contribution in [0.5, 0.6) is 0 Å². The Kier molecular flexibility index (Phi) is 4.46. The van der Waals surface area contributed by atoms with Gasteiger partial charge in [-0.3, -0.25) is 0 Å². The van der Waals surface area contributed by atoms with Crippen LogP contribution in [-0.2, 0) is 0 Å². The first-order valence-electron chi connectivity index (χ1n) is 5.24. The van der Waals surface area contributed by atoms with Crippen molar-refractivity contribution in [3.05, 3.63) is 11.9 Å². The highest BCUT2D eigenvalue weighted by Gasteiger charge is 1.99. The first-order valence-corrected chi connectivity index (χ1v) is 5.24. The predicted molar refractivity (Wildman–Crippen MR) is 59.6 cm³/mol. The first-order chi connectivity index (χ1) is 6.76. The fourth-order valence-electron chi connectivity index (χ4n) is 1.37. The number of hydrogen-bond donors (Lipinski definition) is 2. The Hall–Kier alpha value is -1.03. The van der Waals surface area contributed by atoms with Gasteiger partial charge in [0.25, 0.3) is 0 Å². The zero-order chi connectivity index (χ0) is 10.4. The molecule has 0 amide bonds. The number of aryl methyl sites for hydroxylation is 1. The van der Waals surface area contributed by atoms with E-state index in [-0.39, 0.29) is 0 Å². The zero-order valence-electron chi connectivity index (χ0n) is 9.30. The number of aromatic nitrogens is 2. The van der Waals surface area contributed by atoms with Crippen LogP contribution in [0.4, 0.5) is 5.95 Å². The van der Waals surface area contributed by atoms with E-state index in [1.165, 1.54) is 0 Å². The molecule has 0 radical (unpaired) electrons. The zero-order valence-corrected chi connectivity index (χ0v) is 9.30. The summed E-state index contributed by atoms with van der Waals surface area (Å²) in [7, 11) is 0. The van der Waals surface area contributed by atoms with E-state index in [9.17, 15) is 0 Å². The van der Waals surface area contributed by atoms with Crippen molar-refractivity contribution in [2.24, 2.45) is 0 Å².